The molecule has 9 heteroatoms. The van der Waals surface area contributed by atoms with Crippen LogP contribution in [-0.2, 0) is 12.7 Å². The van der Waals surface area contributed by atoms with Gasteiger partial charge >= 0.3 is 6.18 Å². The number of piperidine rings is 1. The Morgan fingerprint density at radius 2 is 1.92 bits per heavy atom. The first-order valence-electron chi connectivity index (χ1n) is 8.80. The Kier molecular flexibility index (Phi) is 4.56. The minimum atomic E-state index is -4.46. The number of alkyl halides is 3. The van der Waals surface area contributed by atoms with Crippen molar-refractivity contribution in [2.45, 2.75) is 50.4 Å². The third kappa shape index (κ3) is 3.98. The van der Waals surface area contributed by atoms with Gasteiger partial charge in [-0.3, -0.25) is 4.90 Å². The SMILES string of the molecule is FC(F)(F)c1cc(NC2CCN(Cc3cnoc3C3CC3)CC2)ncn1. The standard InChI is InChI=1S/C17H20F3N5O/c18-17(19,20)14-7-15(22-10-21-14)24-13-3-5-25(6-4-13)9-12-8-23-26-16(12)11-1-2-11/h7-8,10-11,13H,1-6,9H2,(H,21,22,24). The van der Waals surface area contributed by atoms with Crippen LogP contribution in [0.2, 0.25) is 0 Å². The van der Waals surface area contributed by atoms with Crippen LogP contribution in [0.1, 0.15) is 48.6 Å². The van der Waals surface area contributed by atoms with Gasteiger partial charge in [0.15, 0.2) is 0 Å². The third-order valence-electron chi connectivity index (χ3n) is 4.92. The lowest BCUT2D eigenvalue weighted by Gasteiger charge is -2.32. The second-order valence-electron chi connectivity index (χ2n) is 6.97. The molecule has 2 aromatic rings. The Morgan fingerprint density at radius 3 is 2.62 bits per heavy atom. The number of anilines is 1. The van der Waals surface area contributed by atoms with Gasteiger partial charge in [0.05, 0.1) is 6.20 Å². The fourth-order valence-electron chi connectivity index (χ4n) is 3.35. The van der Waals surface area contributed by atoms with Gasteiger partial charge in [-0.15, -0.1) is 0 Å². The molecule has 1 N–H and O–H groups in total. The molecule has 0 radical (unpaired) electrons. The molecule has 2 aliphatic rings. The molecule has 140 valence electrons. The van der Waals surface area contributed by atoms with E-state index in [1.807, 2.05) is 0 Å². The van der Waals surface area contributed by atoms with E-state index < -0.39 is 11.9 Å². The van der Waals surface area contributed by atoms with E-state index in [4.69, 9.17) is 4.52 Å². The zero-order valence-corrected chi connectivity index (χ0v) is 14.2. The van der Waals surface area contributed by atoms with Crippen LogP contribution < -0.4 is 5.32 Å². The van der Waals surface area contributed by atoms with E-state index in [0.717, 1.165) is 56.2 Å². The Labute approximate surface area is 148 Å². The van der Waals surface area contributed by atoms with Crippen molar-refractivity contribution in [2.75, 3.05) is 18.4 Å². The first-order valence-corrected chi connectivity index (χ1v) is 8.80. The molecule has 0 unspecified atom stereocenters. The quantitative estimate of drug-likeness (QED) is 0.873. The monoisotopic (exact) mass is 367 g/mol. The summed E-state index contributed by atoms with van der Waals surface area (Å²) in [5, 5.41) is 7.03. The Hall–Kier alpha value is -2.16. The fraction of sp³-hybridized carbons (Fsp3) is 0.588. The van der Waals surface area contributed by atoms with Crippen LogP contribution in [-0.4, -0.2) is 39.2 Å². The predicted molar refractivity (Wildman–Crippen MR) is 87.4 cm³/mol. The number of aromatic nitrogens is 3. The summed E-state index contributed by atoms with van der Waals surface area (Å²) < 4.78 is 43.6. The topological polar surface area (TPSA) is 67.1 Å². The van der Waals surface area contributed by atoms with Crippen molar-refractivity contribution >= 4 is 5.82 Å². The van der Waals surface area contributed by atoms with Gasteiger partial charge in [-0.25, -0.2) is 9.97 Å². The zero-order chi connectivity index (χ0) is 18.1. The summed E-state index contributed by atoms with van der Waals surface area (Å²) >= 11 is 0. The molecule has 0 spiro atoms. The molecule has 1 aliphatic carbocycles. The second-order valence-corrected chi connectivity index (χ2v) is 6.97. The summed E-state index contributed by atoms with van der Waals surface area (Å²) in [5.41, 5.74) is 0.233. The van der Waals surface area contributed by atoms with Gasteiger partial charge in [-0.1, -0.05) is 5.16 Å². The lowest BCUT2D eigenvalue weighted by Crippen LogP contribution is -2.38. The summed E-state index contributed by atoms with van der Waals surface area (Å²) in [6, 6.07) is 1.07. The Balaban J connectivity index is 1.30. The molecule has 3 heterocycles. The molecule has 1 saturated carbocycles. The molecule has 0 bridgehead atoms. The van der Waals surface area contributed by atoms with E-state index >= 15 is 0 Å². The van der Waals surface area contributed by atoms with Crippen molar-refractivity contribution in [3.05, 3.63) is 35.6 Å². The van der Waals surface area contributed by atoms with Crippen LogP contribution in [0.25, 0.3) is 0 Å². The largest absolute Gasteiger partial charge is 0.433 e. The van der Waals surface area contributed by atoms with Gasteiger partial charge < -0.3 is 9.84 Å². The number of hydrogen-bond donors (Lipinski definition) is 1. The van der Waals surface area contributed by atoms with Crippen LogP contribution in [0.4, 0.5) is 19.0 Å². The average molecular weight is 367 g/mol. The molecule has 2 aromatic heterocycles. The van der Waals surface area contributed by atoms with Gasteiger partial charge in [0.2, 0.25) is 0 Å². The van der Waals surface area contributed by atoms with Gasteiger partial charge in [0, 0.05) is 43.2 Å². The molecule has 0 aromatic carbocycles. The third-order valence-corrected chi connectivity index (χ3v) is 4.92. The van der Waals surface area contributed by atoms with E-state index in [-0.39, 0.29) is 11.9 Å². The number of hydrogen-bond acceptors (Lipinski definition) is 6. The van der Waals surface area contributed by atoms with Crippen molar-refractivity contribution < 1.29 is 17.7 Å². The number of nitrogens with one attached hydrogen (secondary N) is 1. The molecule has 26 heavy (non-hydrogen) atoms. The minimum absolute atomic E-state index is 0.104. The van der Waals surface area contributed by atoms with E-state index in [2.05, 4.69) is 25.3 Å². The smallest absolute Gasteiger partial charge is 0.367 e. The van der Waals surface area contributed by atoms with Crippen molar-refractivity contribution in [3.8, 4) is 0 Å². The van der Waals surface area contributed by atoms with E-state index in [1.54, 1.807) is 6.20 Å². The normalized spacial score (nSPS) is 19.7. The summed E-state index contributed by atoms with van der Waals surface area (Å²) in [5.74, 6) is 1.78. The number of halogens is 3. The maximum absolute atomic E-state index is 12.7. The Morgan fingerprint density at radius 1 is 1.15 bits per heavy atom. The molecule has 4 rings (SSSR count). The van der Waals surface area contributed by atoms with E-state index in [9.17, 15) is 13.2 Å². The highest BCUT2D eigenvalue weighted by Gasteiger charge is 2.33. The molecular weight excluding hydrogens is 347 g/mol. The lowest BCUT2D eigenvalue weighted by atomic mass is 10.0. The lowest BCUT2D eigenvalue weighted by molar-refractivity contribution is -0.141. The highest BCUT2D eigenvalue weighted by Crippen LogP contribution is 2.42. The highest BCUT2D eigenvalue weighted by atomic mass is 19.4. The van der Waals surface area contributed by atoms with Crippen LogP contribution in [0.3, 0.4) is 0 Å². The summed E-state index contributed by atoms with van der Waals surface area (Å²) in [4.78, 5) is 9.53. The van der Waals surface area contributed by atoms with Gasteiger partial charge in [-0.05, 0) is 25.7 Å². The van der Waals surface area contributed by atoms with Gasteiger partial charge in [0.25, 0.3) is 0 Å². The maximum Gasteiger partial charge on any atom is 0.433 e. The predicted octanol–water partition coefficient (Wildman–Crippen LogP) is 3.44. The van der Waals surface area contributed by atoms with E-state index in [1.165, 1.54) is 12.8 Å². The van der Waals surface area contributed by atoms with Crippen molar-refractivity contribution in [1.82, 2.24) is 20.0 Å². The number of rotatable bonds is 5. The summed E-state index contributed by atoms with van der Waals surface area (Å²) in [6.45, 7) is 2.54. The van der Waals surface area contributed by atoms with Gasteiger partial charge in [0.1, 0.15) is 23.6 Å². The molecule has 6 nitrogen and oxygen atoms in total. The Bertz CT molecular complexity index is 751. The zero-order valence-electron chi connectivity index (χ0n) is 14.2. The van der Waals surface area contributed by atoms with Gasteiger partial charge in [-0.2, -0.15) is 13.2 Å². The molecule has 1 saturated heterocycles. The minimum Gasteiger partial charge on any atom is -0.367 e. The number of likely N-dealkylation sites (tertiary alicyclic amines) is 1. The van der Waals surface area contributed by atoms with Crippen LogP contribution in [0.5, 0.6) is 0 Å². The summed E-state index contributed by atoms with van der Waals surface area (Å²) in [6.07, 6.45) is 2.33. The van der Waals surface area contributed by atoms with Crippen molar-refractivity contribution in [1.29, 1.82) is 0 Å². The molecule has 1 aliphatic heterocycles. The van der Waals surface area contributed by atoms with Crippen molar-refractivity contribution in [3.63, 3.8) is 0 Å². The summed E-state index contributed by atoms with van der Waals surface area (Å²) in [7, 11) is 0. The van der Waals surface area contributed by atoms with Crippen LogP contribution in [0, 0.1) is 0 Å². The molecule has 0 atom stereocenters. The first-order chi connectivity index (χ1) is 12.5. The average Bonchev–Trinajstić information content (AvgIpc) is 3.36. The van der Waals surface area contributed by atoms with Crippen LogP contribution >= 0.6 is 0 Å². The number of nitrogens with zero attached hydrogens (tertiary/aromatic N) is 4. The van der Waals surface area contributed by atoms with E-state index in [0.29, 0.717) is 5.92 Å². The van der Waals surface area contributed by atoms with Crippen molar-refractivity contribution in [2.24, 2.45) is 0 Å². The highest BCUT2D eigenvalue weighted by molar-refractivity contribution is 5.37. The van der Waals surface area contributed by atoms with Crippen LogP contribution in [0.15, 0.2) is 23.1 Å². The fourth-order valence-corrected chi connectivity index (χ4v) is 3.35. The maximum atomic E-state index is 12.7. The molecule has 0 amide bonds. The second kappa shape index (κ2) is 6.86. The molecule has 2 fully saturated rings. The first kappa shape index (κ1) is 17.3. The molecular formula is C17H20F3N5O.